The zero-order chi connectivity index (χ0) is 46.1. The van der Waals surface area contributed by atoms with E-state index in [9.17, 15) is 29.1 Å². The first-order valence-corrected chi connectivity index (χ1v) is 23.3. The Kier molecular flexibility index (Phi) is 14.5. The van der Waals surface area contributed by atoms with Gasteiger partial charge < -0.3 is 0 Å². The molecule has 0 heterocycles. The predicted octanol–water partition coefficient (Wildman–Crippen LogP) is 6.22. The van der Waals surface area contributed by atoms with E-state index in [0.717, 1.165) is 53.5 Å². The van der Waals surface area contributed by atoms with Gasteiger partial charge in [0.15, 0.2) is 0 Å². The summed E-state index contributed by atoms with van der Waals surface area (Å²) < 4.78 is 6.54. The fourth-order valence-corrected chi connectivity index (χ4v) is 10.4. The summed E-state index contributed by atoms with van der Waals surface area (Å²) in [6.07, 6.45) is -0.672. The topological polar surface area (TPSA) is 189 Å². The van der Waals surface area contributed by atoms with Crippen LogP contribution in [0.4, 0.5) is 4.79 Å². The standard InChI is InChI=1S/C52H51N5O7Se/c1-52(2,3)64-51(63)57-42(29-33-22-25-36(58)26-23-33)50(62)56-43(49(61)54-30-44(59)55-41(48(53)60)28-32-14-6-4-7-15-32)31-65-47-39-21-13-12-20-38(39)46-37-19-11-10-16-34(37)24-27-40(46)45(47)35-17-8-5-9-18-35/h4-27,41-43,58H,28-31H2,1-3H3,(H2,53,60)(H,54,61)(H,55,59)(H,56,62)(H,57,63)/t41-,42-,43-/m0/s1. The summed E-state index contributed by atoms with van der Waals surface area (Å²) in [4.78, 5) is 67.7. The van der Waals surface area contributed by atoms with Crippen molar-refractivity contribution in [3.63, 3.8) is 0 Å². The average molecular weight is 937 g/mol. The monoisotopic (exact) mass is 937 g/mol. The van der Waals surface area contributed by atoms with Crippen molar-refractivity contribution in [2.45, 2.75) is 62.7 Å². The van der Waals surface area contributed by atoms with Crippen LogP contribution in [0, 0.1) is 0 Å². The maximum absolute atomic E-state index is 14.4. The van der Waals surface area contributed by atoms with Crippen molar-refractivity contribution in [2.75, 3.05) is 6.54 Å². The molecule has 3 atom stereocenters. The SMILES string of the molecule is CC(C)(C)OC(=O)N[C@@H](Cc1ccc(O)cc1)C(=O)N[C@@H](C[Se]c1c(-c2ccccc2)c2ccc3ccccc3c2c2ccccc12)C(=O)NCC(=O)N[C@@H](Cc1ccccc1)C(N)=O. The van der Waals surface area contributed by atoms with E-state index in [1.54, 1.807) is 32.9 Å². The zero-order valence-corrected chi connectivity index (χ0v) is 38.0. The van der Waals surface area contributed by atoms with Crippen LogP contribution < -0.4 is 31.5 Å². The zero-order valence-electron chi connectivity index (χ0n) is 36.3. The van der Waals surface area contributed by atoms with Crippen LogP contribution in [0.25, 0.3) is 43.4 Å². The Balaban J connectivity index is 1.24. The third-order valence-corrected chi connectivity index (χ3v) is 13.3. The van der Waals surface area contributed by atoms with E-state index in [1.165, 1.54) is 12.1 Å². The molecule has 0 fully saturated rings. The van der Waals surface area contributed by atoms with Crippen LogP contribution in [0.3, 0.4) is 0 Å². The molecule has 7 rings (SSSR count). The van der Waals surface area contributed by atoms with Gasteiger partial charge in [-0.05, 0) is 0 Å². The molecule has 0 aliphatic carbocycles. The number of hydrogen-bond donors (Lipinski definition) is 6. The third kappa shape index (κ3) is 11.7. The molecule has 0 radical (unpaired) electrons. The van der Waals surface area contributed by atoms with Crippen molar-refractivity contribution in [1.82, 2.24) is 21.3 Å². The molecule has 5 amide bonds. The summed E-state index contributed by atoms with van der Waals surface area (Å²) in [6.45, 7) is 4.60. The normalized spacial score (nSPS) is 12.8. The van der Waals surface area contributed by atoms with Crippen molar-refractivity contribution in [2.24, 2.45) is 5.73 Å². The number of rotatable bonds is 16. The summed E-state index contributed by atoms with van der Waals surface area (Å²) in [5.41, 5.74) is 8.22. The van der Waals surface area contributed by atoms with Gasteiger partial charge in [-0.25, -0.2) is 0 Å². The Morgan fingerprint density at radius 1 is 0.615 bits per heavy atom. The van der Waals surface area contributed by atoms with Gasteiger partial charge in [0.05, 0.1) is 0 Å². The summed E-state index contributed by atoms with van der Waals surface area (Å²) >= 11 is -0.500. The van der Waals surface area contributed by atoms with Crippen LogP contribution in [0.15, 0.2) is 146 Å². The van der Waals surface area contributed by atoms with Crippen molar-refractivity contribution in [3.05, 3.63) is 157 Å². The molecule has 0 unspecified atom stereocenters. The van der Waals surface area contributed by atoms with Gasteiger partial charge in [-0.2, -0.15) is 0 Å². The van der Waals surface area contributed by atoms with Crippen LogP contribution in [0.5, 0.6) is 5.75 Å². The fraction of sp³-hybridized carbons (Fsp3) is 0.212. The van der Waals surface area contributed by atoms with Crippen molar-refractivity contribution < 1.29 is 33.8 Å². The second-order valence-corrected chi connectivity index (χ2v) is 18.9. The third-order valence-electron chi connectivity index (χ3n) is 10.7. The predicted molar refractivity (Wildman–Crippen MR) is 256 cm³/mol. The second-order valence-electron chi connectivity index (χ2n) is 16.7. The molecule has 0 aliphatic heterocycles. The molecule has 7 aromatic carbocycles. The molecule has 0 aliphatic rings. The number of alkyl carbamates (subject to hydrolysis) is 1. The van der Waals surface area contributed by atoms with Crippen LogP contribution in [-0.2, 0) is 36.8 Å². The Hall–Kier alpha value is -7.21. The van der Waals surface area contributed by atoms with E-state index in [4.69, 9.17) is 10.5 Å². The van der Waals surface area contributed by atoms with E-state index in [-0.39, 0.29) is 23.9 Å². The molecular formula is C52H51N5O7Se. The van der Waals surface area contributed by atoms with Crippen molar-refractivity contribution >= 4 is 81.5 Å². The molecule has 12 nitrogen and oxygen atoms in total. The van der Waals surface area contributed by atoms with E-state index in [2.05, 4.69) is 69.8 Å². The first kappa shape index (κ1) is 45.8. The Morgan fingerprint density at radius 2 is 1.22 bits per heavy atom. The van der Waals surface area contributed by atoms with Gasteiger partial charge >= 0.3 is 379 Å². The number of carbonyl (C=O) groups is 5. The first-order valence-electron chi connectivity index (χ1n) is 21.3. The van der Waals surface area contributed by atoms with E-state index >= 15 is 0 Å². The number of nitrogens with one attached hydrogen (secondary N) is 4. The summed E-state index contributed by atoms with van der Waals surface area (Å²) in [6, 6.07) is 42.7. The number of ether oxygens (including phenoxy) is 1. The van der Waals surface area contributed by atoms with Gasteiger partial charge in [0.1, 0.15) is 0 Å². The minimum absolute atomic E-state index is 0.00455. The van der Waals surface area contributed by atoms with Crippen LogP contribution in [-0.4, -0.2) is 80.1 Å². The van der Waals surface area contributed by atoms with Gasteiger partial charge in [0, 0.05) is 0 Å². The fourth-order valence-electron chi connectivity index (χ4n) is 7.72. The number of amides is 5. The van der Waals surface area contributed by atoms with Gasteiger partial charge in [0.2, 0.25) is 0 Å². The molecule has 0 bridgehead atoms. The summed E-state index contributed by atoms with van der Waals surface area (Å²) in [5, 5.41) is 27.4. The number of hydrogen-bond acceptors (Lipinski definition) is 7. The number of nitrogens with two attached hydrogens (primary N) is 1. The maximum atomic E-state index is 14.4. The van der Waals surface area contributed by atoms with E-state index < -0.39 is 75.0 Å². The number of primary amides is 1. The molecule has 7 aromatic rings. The van der Waals surface area contributed by atoms with E-state index in [1.807, 2.05) is 72.8 Å². The van der Waals surface area contributed by atoms with Gasteiger partial charge in [0.25, 0.3) is 0 Å². The molecule has 332 valence electrons. The van der Waals surface area contributed by atoms with Crippen LogP contribution >= 0.6 is 0 Å². The van der Waals surface area contributed by atoms with Crippen molar-refractivity contribution in [1.29, 1.82) is 0 Å². The summed E-state index contributed by atoms with van der Waals surface area (Å²) in [7, 11) is 0. The Morgan fingerprint density at radius 3 is 1.89 bits per heavy atom. The minimum atomic E-state index is -1.20. The second kappa shape index (κ2) is 20.5. The molecule has 13 heteroatoms. The Bertz CT molecular complexity index is 2850. The van der Waals surface area contributed by atoms with Gasteiger partial charge in [-0.1, -0.05) is 6.07 Å². The quantitative estimate of drug-likeness (QED) is 0.0491. The van der Waals surface area contributed by atoms with E-state index in [0.29, 0.717) is 5.56 Å². The van der Waals surface area contributed by atoms with Gasteiger partial charge in [-0.15, -0.1) is 0 Å². The Labute approximate surface area is 383 Å². The van der Waals surface area contributed by atoms with Gasteiger partial charge in [-0.3, -0.25) is 0 Å². The molecule has 0 saturated carbocycles. The van der Waals surface area contributed by atoms with Crippen LogP contribution in [0.1, 0.15) is 31.9 Å². The molecular weight excluding hydrogens is 886 g/mol. The summed E-state index contributed by atoms with van der Waals surface area (Å²) in [5.74, 6) is -2.66. The molecule has 7 N–H and O–H groups in total. The molecule has 0 spiro atoms. The molecule has 65 heavy (non-hydrogen) atoms. The molecule has 0 saturated heterocycles. The number of phenols is 1. The first-order chi connectivity index (χ1) is 31.2. The number of carbonyl (C=O) groups excluding carboxylic acids is 5. The number of phenolic OH excluding ortho intramolecular Hbond substituents is 1. The van der Waals surface area contributed by atoms with Crippen LogP contribution in [0.2, 0.25) is 5.32 Å². The van der Waals surface area contributed by atoms with Crippen molar-refractivity contribution in [3.8, 4) is 16.9 Å². The molecule has 0 aromatic heterocycles. The number of aromatic hydroxyl groups is 1. The average Bonchev–Trinajstić information content (AvgIpc) is 3.29. The number of benzene rings is 7. The number of fused-ring (bicyclic) bond motifs is 5.